The Bertz CT molecular complexity index is 431. The number of nitrogens with one attached hydrogen (secondary N) is 1. The second kappa shape index (κ2) is 7.47. The first-order valence-electron chi connectivity index (χ1n) is 6.64. The molecular formula is C14H18ClNO4. The van der Waals surface area contributed by atoms with Crippen molar-refractivity contribution in [3.63, 3.8) is 0 Å². The van der Waals surface area contributed by atoms with Crippen LogP contribution in [0.25, 0.3) is 0 Å². The van der Waals surface area contributed by atoms with E-state index in [1.165, 1.54) is 0 Å². The summed E-state index contributed by atoms with van der Waals surface area (Å²) >= 11 is 5.78. The Hall–Kier alpha value is -1.30. The molecule has 6 heteroatoms. The third-order valence-corrected chi connectivity index (χ3v) is 3.18. The number of hydrogen-bond acceptors (Lipinski definition) is 4. The maximum absolute atomic E-state index is 11.8. The Labute approximate surface area is 123 Å². The van der Waals surface area contributed by atoms with Crippen LogP contribution in [0.4, 0.5) is 0 Å². The monoisotopic (exact) mass is 299 g/mol. The Morgan fingerprint density at radius 1 is 1.40 bits per heavy atom. The topological polar surface area (TPSA) is 56.8 Å². The van der Waals surface area contributed by atoms with Crippen LogP contribution in [0.2, 0.25) is 5.02 Å². The number of amides is 1. The average molecular weight is 300 g/mol. The van der Waals surface area contributed by atoms with Crippen molar-refractivity contribution in [3.8, 4) is 5.75 Å². The van der Waals surface area contributed by atoms with Crippen LogP contribution < -0.4 is 10.2 Å². The summed E-state index contributed by atoms with van der Waals surface area (Å²) in [5.41, 5.74) is 2.37. The lowest BCUT2D eigenvalue weighted by Crippen LogP contribution is -2.40. The zero-order valence-corrected chi connectivity index (χ0v) is 12.1. The highest BCUT2D eigenvalue weighted by molar-refractivity contribution is 6.30. The molecule has 1 aliphatic heterocycles. The predicted molar refractivity (Wildman–Crippen MR) is 74.4 cm³/mol. The minimum absolute atomic E-state index is 0.353. The van der Waals surface area contributed by atoms with E-state index >= 15 is 0 Å². The Morgan fingerprint density at radius 3 is 2.80 bits per heavy atom. The average Bonchev–Trinajstić information content (AvgIpc) is 2.48. The van der Waals surface area contributed by atoms with E-state index in [4.69, 9.17) is 25.9 Å². The van der Waals surface area contributed by atoms with Gasteiger partial charge in [-0.05, 0) is 44.0 Å². The van der Waals surface area contributed by atoms with Crippen LogP contribution >= 0.6 is 11.6 Å². The SMILES string of the molecule is CC(Oc1ccc(Cl)cc1)C(=O)NOC1CCCCO1. The summed E-state index contributed by atoms with van der Waals surface area (Å²) in [6, 6.07) is 6.82. The molecule has 1 saturated heterocycles. The van der Waals surface area contributed by atoms with Gasteiger partial charge in [0.2, 0.25) is 0 Å². The van der Waals surface area contributed by atoms with Gasteiger partial charge in [-0.2, -0.15) is 0 Å². The molecule has 1 aliphatic rings. The van der Waals surface area contributed by atoms with Gasteiger partial charge in [-0.25, -0.2) is 10.3 Å². The molecule has 1 aromatic carbocycles. The molecule has 0 bridgehead atoms. The summed E-state index contributed by atoms with van der Waals surface area (Å²) in [7, 11) is 0. The number of hydrogen-bond donors (Lipinski definition) is 1. The molecule has 1 heterocycles. The highest BCUT2D eigenvalue weighted by Crippen LogP contribution is 2.17. The standard InChI is InChI=1S/C14H18ClNO4/c1-10(19-12-7-5-11(15)6-8-12)14(17)16-20-13-4-2-3-9-18-13/h5-8,10,13H,2-4,9H2,1H3,(H,16,17). The van der Waals surface area contributed by atoms with Gasteiger partial charge in [0, 0.05) is 18.1 Å². The first kappa shape index (κ1) is 15.1. The highest BCUT2D eigenvalue weighted by atomic mass is 35.5. The van der Waals surface area contributed by atoms with E-state index in [0.717, 1.165) is 19.3 Å². The molecule has 0 spiro atoms. The Morgan fingerprint density at radius 2 is 2.15 bits per heavy atom. The van der Waals surface area contributed by atoms with E-state index in [0.29, 0.717) is 17.4 Å². The molecule has 1 aromatic rings. The van der Waals surface area contributed by atoms with Crippen LogP contribution in [0.3, 0.4) is 0 Å². The summed E-state index contributed by atoms with van der Waals surface area (Å²) in [6.07, 6.45) is 1.82. The van der Waals surface area contributed by atoms with Crippen molar-refractivity contribution < 1.29 is 19.1 Å². The van der Waals surface area contributed by atoms with Crippen LogP contribution in [0.5, 0.6) is 5.75 Å². The van der Waals surface area contributed by atoms with Crippen molar-refractivity contribution >= 4 is 17.5 Å². The lowest BCUT2D eigenvalue weighted by molar-refractivity contribution is -0.202. The molecule has 2 rings (SSSR count). The third kappa shape index (κ3) is 4.67. The number of carbonyl (C=O) groups excluding carboxylic acids is 1. The zero-order chi connectivity index (χ0) is 14.4. The van der Waals surface area contributed by atoms with Crippen LogP contribution in [0.15, 0.2) is 24.3 Å². The fourth-order valence-electron chi connectivity index (χ4n) is 1.78. The number of carbonyl (C=O) groups is 1. The van der Waals surface area contributed by atoms with Crippen molar-refractivity contribution in [3.05, 3.63) is 29.3 Å². The van der Waals surface area contributed by atoms with Crippen molar-refractivity contribution in [1.29, 1.82) is 0 Å². The minimum atomic E-state index is -0.667. The smallest absolute Gasteiger partial charge is 0.284 e. The molecule has 20 heavy (non-hydrogen) atoms. The first-order chi connectivity index (χ1) is 9.65. The maximum atomic E-state index is 11.8. The van der Waals surface area contributed by atoms with E-state index in [9.17, 15) is 4.79 Å². The first-order valence-corrected chi connectivity index (χ1v) is 7.02. The lowest BCUT2D eigenvalue weighted by Gasteiger charge is -2.23. The van der Waals surface area contributed by atoms with Crippen LogP contribution in [-0.2, 0) is 14.4 Å². The van der Waals surface area contributed by atoms with Gasteiger partial charge in [0.1, 0.15) is 5.75 Å². The van der Waals surface area contributed by atoms with Crippen LogP contribution in [0.1, 0.15) is 26.2 Å². The van der Waals surface area contributed by atoms with Gasteiger partial charge in [-0.3, -0.25) is 4.79 Å². The second-order valence-electron chi connectivity index (χ2n) is 4.59. The van der Waals surface area contributed by atoms with E-state index in [1.54, 1.807) is 31.2 Å². The quantitative estimate of drug-likeness (QED) is 0.849. The molecule has 2 unspecified atom stereocenters. The fraction of sp³-hybridized carbons (Fsp3) is 0.500. The second-order valence-corrected chi connectivity index (χ2v) is 5.03. The van der Waals surface area contributed by atoms with Gasteiger partial charge in [0.25, 0.3) is 5.91 Å². The number of ether oxygens (including phenoxy) is 2. The Balaban J connectivity index is 1.75. The Kier molecular flexibility index (Phi) is 5.64. The summed E-state index contributed by atoms with van der Waals surface area (Å²) in [5, 5.41) is 0.618. The normalized spacial score (nSPS) is 20.2. The van der Waals surface area contributed by atoms with Gasteiger partial charge in [-0.15, -0.1) is 0 Å². The van der Waals surface area contributed by atoms with Crippen LogP contribution in [-0.4, -0.2) is 24.9 Å². The molecule has 0 aliphatic carbocycles. The summed E-state index contributed by atoms with van der Waals surface area (Å²) in [6.45, 7) is 2.31. The summed E-state index contributed by atoms with van der Waals surface area (Å²) < 4.78 is 10.8. The van der Waals surface area contributed by atoms with Gasteiger partial charge < -0.3 is 9.47 Å². The number of halogens is 1. The fourth-order valence-corrected chi connectivity index (χ4v) is 1.91. The van der Waals surface area contributed by atoms with E-state index in [-0.39, 0.29) is 12.2 Å². The third-order valence-electron chi connectivity index (χ3n) is 2.92. The number of hydroxylamine groups is 1. The number of rotatable bonds is 5. The molecule has 5 nitrogen and oxygen atoms in total. The van der Waals surface area contributed by atoms with E-state index in [2.05, 4.69) is 5.48 Å². The van der Waals surface area contributed by atoms with Gasteiger partial charge in [0.15, 0.2) is 12.4 Å². The molecule has 0 saturated carbocycles. The molecule has 2 atom stereocenters. The van der Waals surface area contributed by atoms with Crippen molar-refractivity contribution in [2.45, 2.75) is 38.6 Å². The van der Waals surface area contributed by atoms with Crippen molar-refractivity contribution in [2.24, 2.45) is 0 Å². The molecule has 110 valence electrons. The van der Waals surface area contributed by atoms with Crippen LogP contribution in [0, 0.1) is 0 Å². The molecular weight excluding hydrogens is 282 g/mol. The maximum Gasteiger partial charge on any atom is 0.284 e. The van der Waals surface area contributed by atoms with Crippen molar-refractivity contribution in [2.75, 3.05) is 6.61 Å². The molecule has 0 radical (unpaired) electrons. The van der Waals surface area contributed by atoms with Gasteiger partial charge in [0.05, 0.1) is 0 Å². The zero-order valence-electron chi connectivity index (χ0n) is 11.3. The highest BCUT2D eigenvalue weighted by Gasteiger charge is 2.19. The minimum Gasteiger partial charge on any atom is -0.481 e. The van der Waals surface area contributed by atoms with Crippen molar-refractivity contribution in [1.82, 2.24) is 5.48 Å². The molecule has 1 amide bonds. The molecule has 1 N–H and O–H groups in total. The summed E-state index contributed by atoms with van der Waals surface area (Å²) in [4.78, 5) is 17.0. The summed E-state index contributed by atoms with van der Waals surface area (Å²) in [5.74, 6) is 0.222. The van der Waals surface area contributed by atoms with Gasteiger partial charge in [-0.1, -0.05) is 11.6 Å². The largest absolute Gasteiger partial charge is 0.481 e. The van der Waals surface area contributed by atoms with Gasteiger partial charge >= 0.3 is 0 Å². The predicted octanol–water partition coefficient (Wildman–Crippen LogP) is 2.68. The molecule has 0 aromatic heterocycles. The molecule has 1 fully saturated rings. The lowest BCUT2D eigenvalue weighted by atomic mass is 10.2. The van der Waals surface area contributed by atoms with E-state index < -0.39 is 6.10 Å². The van der Waals surface area contributed by atoms with E-state index in [1.807, 2.05) is 0 Å². The number of benzene rings is 1.